The second kappa shape index (κ2) is 5.86. The predicted molar refractivity (Wildman–Crippen MR) is 78.6 cm³/mol. The number of aldehydes is 1. The topological polar surface area (TPSA) is 26.3 Å². The summed E-state index contributed by atoms with van der Waals surface area (Å²) < 4.78 is 20.0. The van der Waals surface area contributed by atoms with Gasteiger partial charge in [0.25, 0.3) is 8.32 Å². The van der Waals surface area contributed by atoms with Gasteiger partial charge < -0.3 is 9.22 Å². The van der Waals surface area contributed by atoms with E-state index in [2.05, 4.69) is 33.9 Å². The van der Waals surface area contributed by atoms with E-state index in [1.54, 1.807) is 6.07 Å². The van der Waals surface area contributed by atoms with Crippen molar-refractivity contribution in [1.82, 2.24) is 0 Å². The number of hydrogen-bond acceptors (Lipinski definition) is 2. The van der Waals surface area contributed by atoms with Crippen LogP contribution in [-0.2, 0) is 11.2 Å². The quantitative estimate of drug-likeness (QED) is 0.593. The second-order valence-electron chi connectivity index (χ2n) is 6.33. The third-order valence-electron chi connectivity index (χ3n) is 3.72. The number of hydrogen-bond donors (Lipinski definition) is 0. The van der Waals surface area contributed by atoms with Crippen LogP contribution in [-0.4, -0.2) is 14.6 Å². The van der Waals surface area contributed by atoms with E-state index in [4.69, 9.17) is 4.43 Å². The van der Waals surface area contributed by atoms with Crippen molar-refractivity contribution in [3.05, 3.63) is 29.6 Å². The van der Waals surface area contributed by atoms with Gasteiger partial charge in [0.1, 0.15) is 12.0 Å². The van der Waals surface area contributed by atoms with Gasteiger partial charge in [-0.3, -0.25) is 0 Å². The Hall–Kier alpha value is -1.16. The molecule has 0 aliphatic carbocycles. The van der Waals surface area contributed by atoms with E-state index in [-0.39, 0.29) is 10.9 Å². The molecule has 0 amide bonds. The first-order valence-corrected chi connectivity index (χ1v) is 9.49. The van der Waals surface area contributed by atoms with E-state index < -0.39 is 8.32 Å². The van der Waals surface area contributed by atoms with Crippen LogP contribution in [0, 0.1) is 5.82 Å². The van der Waals surface area contributed by atoms with E-state index in [1.165, 1.54) is 6.07 Å². The Morgan fingerprint density at radius 1 is 1.32 bits per heavy atom. The number of carbonyl (C=O) groups excluding carboxylic acids is 1. The Labute approximate surface area is 116 Å². The molecular weight excluding hydrogens is 259 g/mol. The smallest absolute Gasteiger partial charge is 0.250 e. The van der Waals surface area contributed by atoms with Crippen molar-refractivity contribution in [3.63, 3.8) is 0 Å². The minimum atomic E-state index is -2.02. The van der Waals surface area contributed by atoms with Crippen LogP contribution in [0.15, 0.2) is 18.2 Å². The van der Waals surface area contributed by atoms with Gasteiger partial charge in [-0.15, -0.1) is 0 Å². The van der Waals surface area contributed by atoms with E-state index in [0.29, 0.717) is 18.6 Å². The summed E-state index contributed by atoms with van der Waals surface area (Å²) >= 11 is 0. The highest BCUT2D eigenvalue weighted by molar-refractivity contribution is 6.74. The van der Waals surface area contributed by atoms with Crippen LogP contribution in [0.4, 0.5) is 4.39 Å². The van der Waals surface area contributed by atoms with E-state index in [9.17, 15) is 9.18 Å². The van der Waals surface area contributed by atoms with Crippen molar-refractivity contribution >= 4 is 14.6 Å². The standard InChI is InChI=1S/C15H23FO2Si/c1-15(2,3)19(4,5)18-14-9-8-12(7-6-10-17)11-13(14)16/h8-11H,6-7H2,1-5H3. The lowest BCUT2D eigenvalue weighted by Crippen LogP contribution is -2.44. The first kappa shape index (κ1) is 15.9. The van der Waals surface area contributed by atoms with Crippen LogP contribution in [0.25, 0.3) is 0 Å². The largest absolute Gasteiger partial charge is 0.542 e. The summed E-state index contributed by atoms with van der Waals surface area (Å²) in [7, 11) is -2.02. The molecule has 0 fully saturated rings. The molecule has 1 aromatic carbocycles. The van der Waals surface area contributed by atoms with Gasteiger partial charge in [-0.05, 0) is 42.2 Å². The molecule has 0 bridgehead atoms. The van der Waals surface area contributed by atoms with Crippen molar-refractivity contribution in [2.45, 2.75) is 51.7 Å². The summed E-state index contributed by atoms with van der Waals surface area (Å²) in [6, 6.07) is 4.97. The molecular formula is C15H23FO2Si. The monoisotopic (exact) mass is 282 g/mol. The SMILES string of the molecule is CC(C)(C)[Si](C)(C)Oc1ccc(CCC=O)cc1F. The fourth-order valence-corrected chi connectivity index (χ4v) is 2.46. The van der Waals surface area contributed by atoms with Crippen molar-refractivity contribution in [3.8, 4) is 5.75 Å². The molecule has 0 aliphatic rings. The zero-order valence-corrected chi connectivity index (χ0v) is 13.4. The Kier molecular flexibility index (Phi) is 4.90. The number of halogens is 1. The van der Waals surface area contributed by atoms with Gasteiger partial charge in [0.2, 0.25) is 0 Å². The highest BCUT2D eigenvalue weighted by atomic mass is 28.4. The molecule has 106 valence electrons. The Balaban J connectivity index is 2.89. The first-order chi connectivity index (χ1) is 8.67. The Morgan fingerprint density at radius 2 is 1.95 bits per heavy atom. The molecule has 0 saturated heterocycles. The van der Waals surface area contributed by atoms with Gasteiger partial charge in [0.15, 0.2) is 5.82 Å². The van der Waals surface area contributed by atoms with Gasteiger partial charge in [0.05, 0.1) is 0 Å². The molecule has 0 radical (unpaired) electrons. The summed E-state index contributed by atoms with van der Waals surface area (Å²) in [5.41, 5.74) is 0.826. The molecule has 0 N–H and O–H groups in total. The second-order valence-corrected chi connectivity index (χ2v) is 11.1. The van der Waals surface area contributed by atoms with Crippen LogP contribution >= 0.6 is 0 Å². The van der Waals surface area contributed by atoms with E-state index in [1.807, 2.05) is 6.07 Å². The average Bonchev–Trinajstić information content (AvgIpc) is 2.28. The zero-order valence-electron chi connectivity index (χ0n) is 12.4. The molecule has 0 unspecified atom stereocenters. The molecule has 0 spiro atoms. The highest BCUT2D eigenvalue weighted by Gasteiger charge is 2.39. The first-order valence-electron chi connectivity index (χ1n) is 6.58. The summed E-state index contributed by atoms with van der Waals surface area (Å²) in [6.45, 7) is 10.5. The third-order valence-corrected chi connectivity index (χ3v) is 8.06. The van der Waals surface area contributed by atoms with Gasteiger partial charge in [0, 0.05) is 6.42 Å². The summed E-state index contributed by atoms with van der Waals surface area (Å²) in [6.07, 6.45) is 1.83. The summed E-state index contributed by atoms with van der Waals surface area (Å²) in [5, 5.41) is 0.0373. The maximum absolute atomic E-state index is 14.0. The minimum absolute atomic E-state index is 0.0373. The fourth-order valence-electron chi connectivity index (χ4n) is 1.44. The van der Waals surface area contributed by atoms with Crippen LogP contribution in [0.3, 0.4) is 0 Å². The summed E-state index contributed by atoms with van der Waals surface area (Å²) in [4.78, 5) is 10.3. The lowest BCUT2D eigenvalue weighted by molar-refractivity contribution is -0.107. The van der Waals surface area contributed by atoms with Gasteiger partial charge in [-0.1, -0.05) is 26.8 Å². The molecule has 0 saturated carbocycles. The van der Waals surface area contributed by atoms with E-state index in [0.717, 1.165) is 11.8 Å². The molecule has 2 nitrogen and oxygen atoms in total. The molecule has 0 aromatic heterocycles. The Bertz CT molecular complexity index is 450. The third kappa shape index (κ3) is 4.16. The lowest BCUT2D eigenvalue weighted by atomic mass is 10.1. The molecule has 1 rings (SSSR count). The predicted octanol–water partition coefficient (Wildman–Crippen LogP) is 4.34. The highest BCUT2D eigenvalue weighted by Crippen LogP contribution is 2.38. The summed E-state index contributed by atoms with van der Waals surface area (Å²) in [5.74, 6) is -0.0188. The van der Waals surface area contributed by atoms with Crippen molar-refractivity contribution in [2.24, 2.45) is 0 Å². The number of carbonyl (C=O) groups is 1. The fraction of sp³-hybridized carbons (Fsp3) is 0.533. The van der Waals surface area contributed by atoms with Crippen LogP contribution in [0.5, 0.6) is 5.75 Å². The van der Waals surface area contributed by atoms with Crippen molar-refractivity contribution in [1.29, 1.82) is 0 Å². The van der Waals surface area contributed by atoms with Crippen molar-refractivity contribution in [2.75, 3.05) is 0 Å². The Morgan fingerprint density at radius 3 is 2.42 bits per heavy atom. The molecule has 4 heteroatoms. The van der Waals surface area contributed by atoms with Crippen molar-refractivity contribution < 1.29 is 13.6 Å². The lowest BCUT2D eigenvalue weighted by Gasteiger charge is -2.36. The van der Waals surface area contributed by atoms with Gasteiger partial charge in [-0.2, -0.15) is 0 Å². The number of rotatable bonds is 5. The van der Waals surface area contributed by atoms with E-state index >= 15 is 0 Å². The minimum Gasteiger partial charge on any atom is -0.542 e. The van der Waals surface area contributed by atoms with Crippen LogP contribution in [0.1, 0.15) is 32.8 Å². The normalized spacial score (nSPS) is 12.3. The van der Waals surface area contributed by atoms with Crippen LogP contribution in [0.2, 0.25) is 18.1 Å². The van der Waals surface area contributed by atoms with Gasteiger partial charge in [-0.25, -0.2) is 4.39 Å². The molecule has 0 heterocycles. The van der Waals surface area contributed by atoms with Crippen LogP contribution < -0.4 is 4.43 Å². The molecule has 0 aliphatic heterocycles. The maximum atomic E-state index is 14.0. The average molecular weight is 282 g/mol. The molecule has 1 aromatic rings. The maximum Gasteiger partial charge on any atom is 0.250 e. The molecule has 19 heavy (non-hydrogen) atoms. The number of benzene rings is 1. The van der Waals surface area contributed by atoms with Gasteiger partial charge >= 0.3 is 0 Å². The number of aryl methyl sites for hydroxylation is 1. The molecule has 0 atom stereocenters. The zero-order chi connectivity index (χ0) is 14.7.